The number of aryl methyl sites for hydroxylation is 1. The van der Waals surface area contributed by atoms with Crippen molar-refractivity contribution in [2.75, 3.05) is 6.54 Å². The van der Waals surface area contributed by atoms with E-state index in [1.807, 2.05) is 19.1 Å². The number of likely N-dealkylation sites (tertiary alicyclic amines) is 1. The minimum atomic E-state index is -1.14. The lowest BCUT2D eigenvalue weighted by molar-refractivity contribution is 0.0512. The van der Waals surface area contributed by atoms with Crippen molar-refractivity contribution in [1.82, 2.24) is 9.88 Å². The van der Waals surface area contributed by atoms with Crippen molar-refractivity contribution < 1.29 is 19.1 Å². The van der Waals surface area contributed by atoms with Crippen LogP contribution in [0.15, 0.2) is 34.7 Å². The maximum atomic E-state index is 13.0. The number of carboxylic acid groups (broad SMARTS) is 1. The Bertz CT molecular complexity index is 783. The van der Waals surface area contributed by atoms with E-state index >= 15 is 0 Å². The summed E-state index contributed by atoms with van der Waals surface area (Å²) in [5, 5.41) is 9.09. The summed E-state index contributed by atoms with van der Waals surface area (Å²) in [5.41, 5.74) is 0.0285. The van der Waals surface area contributed by atoms with Gasteiger partial charge in [0.05, 0.1) is 6.04 Å². The SMILES string of the molecule is CCc1ccc(C2CC(C)CCN2C(=O)c2cccc(C(=O)O)n2)o1. The fourth-order valence-electron chi connectivity index (χ4n) is 3.24. The Morgan fingerprint density at radius 2 is 2.04 bits per heavy atom. The van der Waals surface area contributed by atoms with E-state index in [9.17, 15) is 9.59 Å². The molecule has 1 aliphatic rings. The summed E-state index contributed by atoms with van der Waals surface area (Å²) in [4.78, 5) is 29.8. The van der Waals surface area contributed by atoms with E-state index in [0.717, 1.165) is 30.8 Å². The number of nitrogens with zero attached hydrogens (tertiary/aromatic N) is 2. The Morgan fingerprint density at radius 1 is 1.28 bits per heavy atom. The molecule has 1 N–H and O–H groups in total. The van der Waals surface area contributed by atoms with Crippen LogP contribution in [0.5, 0.6) is 0 Å². The number of hydrogen-bond acceptors (Lipinski definition) is 4. The normalized spacial score (nSPS) is 20.5. The molecule has 1 saturated heterocycles. The van der Waals surface area contributed by atoms with Crippen molar-refractivity contribution in [2.24, 2.45) is 5.92 Å². The largest absolute Gasteiger partial charge is 0.477 e. The number of carboxylic acids is 1. The molecule has 25 heavy (non-hydrogen) atoms. The van der Waals surface area contributed by atoms with Gasteiger partial charge in [-0.05, 0) is 43.0 Å². The second kappa shape index (κ2) is 7.09. The van der Waals surface area contributed by atoms with Crippen LogP contribution < -0.4 is 0 Å². The molecule has 2 atom stereocenters. The lowest BCUT2D eigenvalue weighted by atomic mass is 9.91. The zero-order chi connectivity index (χ0) is 18.0. The van der Waals surface area contributed by atoms with Gasteiger partial charge in [-0.2, -0.15) is 0 Å². The molecule has 3 rings (SSSR count). The van der Waals surface area contributed by atoms with Gasteiger partial charge in [0.15, 0.2) is 0 Å². The standard InChI is InChI=1S/C19H22N2O4/c1-3-13-7-8-17(25-13)16-11-12(2)9-10-21(16)18(22)14-5-4-6-15(20-14)19(23)24/h4-8,12,16H,3,9-11H2,1-2H3,(H,23,24). The van der Waals surface area contributed by atoms with Crippen molar-refractivity contribution in [3.8, 4) is 0 Å². The number of piperidine rings is 1. The van der Waals surface area contributed by atoms with Crippen LogP contribution in [0.4, 0.5) is 0 Å². The zero-order valence-corrected chi connectivity index (χ0v) is 14.4. The first kappa shape index (κ1) is 17.2. The summed E-state index contributed by atoms with van der Waals surface area (Å²) >= 11 is 0. The Morgan fingerprint density at radius 3 is 2.72 bits per heavy atom. The number of aromatic carboxylic acids is 1. The number of pyridine rings is 1. The molecule has 6 nitrogen and oxygen atoms in total. The monoisotopic (exact) mass is 342 g/mol. The molecule has 1 amide bonds. The summed E-state index contributed by atoms with van der Waals surface area (Å²) in [6, 6.07) is 8.22. The summed E-state index contributed by atoms with van der Waals surface area (Å²) in [7, 11) is 0. The molecule has 6 heteroatoms. The van der Waals surface area contributed by atoms with Crippen molar-refractivity contribution >= 4 is 11.9 Å². The first-order valence-corrected chi connectivity index (χ1v) is 8.59. The van der Waals surface area contributed by atoms with E-state index in [0.29, 0.717) is 12.5 Å². The fourth-order valence-corrected chi connectivity index (χ4v) is 3.24. The number of rotatable bonds is 4. The average Bonchev–Trinajstić information content (AvgIpc) is 3.10. The van der Waals surface area contributed by atoms with Crippen LogP contribution in [0.25, 0.3) is 0 Å². The quantitative estimate of drug-likeness (QED) is 0.918. The molecule has 3 heterocycles. The average molecular weight is 342 g/mol. The van der Waals surface area contributed by atoms with Gasteiger partial charge in [0.2, 0.25) is 0 Å². The van der Waals surface area contributed by atoms with Gasteiger partial charge in [-0.25, -0.2) is 9.78 Å². The van der Waals surface area contributed by atoms with Crippen molar-refractivity contribution in [3.63, 3.8) is 0 Å². The maximum absolute atomic E-state index is 13.0. The summed E-state index contributed by atoms with van der Waals surface area (Å²) < 4.78 is 5.89. The lowest BCUT2D eigenvalue weighted by Crippen LogP contribution is -2.41. The van der Waals surface area contributed by atoms with Gasteiger partial charge in [0.25, 0.3) is 5.91 Å². The number of carbonyl (C=O) groups excluding carboxylic acids is 1. The van der Waals surface area contributed by atoms with Gasteiger partial charge in [-0.15, -0.1) is 0 Å². The number of aromatic nitrogens is 1. The molecule has 2 unspecified atom stereocenters. The molecule has 2 aromatic heterocycles. The second-order valence-electron chi connectivity index (χ2n) is 6.51. The van der Waals surface area contributed by atoms with Crippen molar-refractivity contribution in [1.29, 1.82) is 0 Å². The van der Waals surface area contributed by atoms with Crippen LogP contribution in [-0.4, -0.2) is 33.4 Å². The third-order valence-corrected chi connectivity index (χ3v) is 4.67. The fraction of sp³-hybridized carbons (Fsp3) is 0.421. The molecule has 0 saturated carbocycles. The molecule has 0 spiro atoms. The van der Waals surface area contributed by atoms with Crippen LogP contribution in [0.3, 0.4) is 0 Å². The number of hydrogen-bond donors (Lipinski definition) is 1. The van der Waals surface area contributed by atoms with Crippen LogP contribution in [0.2, 0.25) is 0 Å². The van der Waals surface area contributed by atoms with Gasteiger partial charge >= 0.3 is 5.97 Å². The van der Waals surface area contributed by atoms with E-state index in [-0.39, 0.29) is 23.3 Å². The van der Waals surface area contributed by atoms with Crippen molar-refractivity contribution in [2.45, 2.75) is 39.2 Å². The van der Waals surface area contributed by atoms with Gasteiger partial charge in [0, 0.05) is 13.0 Å². The predicted molar refractivity (Wildman–Crippen MR) is 91.5 cm³/mol. The molecule has 0 aliphatic carbocycles. The van der Waals surface area contributed by atoms with E-state index in [4.69, 9.17) is 9.52 Å². The first-order chi connectivity index (χ1) is 12.0. The van der Waals surface area contributed by atoms with Gasteiger partial charge in [-0.3, -0.25) is 4.79 Å². The molecule has 1 fully saturated rings. The Hall–Kier alpha value is -2.63. The predicted octanol–water partition coefficient (Wildman–Crippen LogP) is 3.55. The third-order valence-electron chi connectivity index (χ3n) is 4.67. The van der Waals surface area contributed by atoms with Crippen LogP contribution in [0, 0.1) is 5.92 Å². The second-order valence-corrected chi connectivity index (χ2v) is 6.51. The minimum absolute atomic E-state index is 0.126. The summed E-state index contributed by atoms with van der Waals surface area (Å²) in [5.74, 6) is 0.770. The smallest absolute Gasteiger partial charge is 0.354 e. The van der Waals surface area contributed by atoms with Crippen LogP contribution in [0.1, 0.15) is 65.2 Å². The van der Waals surface area contributed by atoms with Gasteiger partial charge in [0.1, 0.15) is 22.9 Å². The molecule has 1 aliphatic heterocycles. The van der Waals surface area contributed by atoms with E-state index in [1.54, 1.807) is 17.0 Å². The Balaban J connectivity index is 1.90. The van der Waals surface area contributed by atoms with Gasteiger partial charge < -0.3 is 14.4 Å². The highest BCUT2D eigenvalue weighted by atomic mass is 16.4. The van der Waals surface area contributed by atoms with Crippen LogP contribution in [-0.2, 0) is 6.42 Å². The molecular formula is C19H22N2O4. The molecular weight excluding hydrogens is 320 g/mol. The lowest BCUT2D eigenvalue weighted by Gasteiger charge is -2.37. The first-order valence-electron chi connectivity index (χ1n) is 8.59. The summed E-state index contributed by atoms with van der Waals surface area (Å²) in [6.07, 6.45) is 2.53. The Labute approximate surface area is 146 Å². The maximum Gasteiger partial charge on any atom is 0.354 e. The van der Waals surface area contributed by atoms with Crippen molar-refractivity contribution in [3.05, 3.63) is 53.2 Å². The molecule has 132 valence electrons. The third kappa shape index (κ3) is 3.57. The molecule has 0 aromatic carbocycles. The minimum Gasteiger partial charge on any atom is -0.477 e. The zero-order valence-electron chi connectivity index (χ0n) is 14.4. The summed E-state index contributed by atoms with van der Waals surface area (Å²) in [6.45, 7) is 4.80. The molecule has 0 radical (unpaired) electrons. The highest BCUT2D eigenvalue weighted by molar-refractivity contribution is 5.94. The van der Waals surface area contributed by atoms with E-state index in [1.165, 1.54) is 6.07 Å². The number of furan rings is 1. The van der Waals surface area contributed by atoms with Gasteiger partial charge in [-0.1, -0.05) is 19.9 Å². The Kier molecular flexibility index (Phi) is 4.88. The van der Waals surface area contributed by atoms with E-state index in [2.05, 4.69) is 11.9 Å². The highest BCUT2D eigenvalue weighted by Crippen LogP contribution is 2.35. The number of amides is 1. The highest BCUT2D eigenvalue weighted by Gasteiger charge is 2.34. The van der Waals surface area contributed by atoms with Crippen LogP contribution >= 0.6 is 0 Å². The topological polar surface area (TPSA) is 83.6 Å². The molecule has 2 aromatic rings. The van der Waals surface area contributed by atoms with E-state index < -0.39 is 5.97 Å². The number of carbonyl (C=O) groups is 2. The molecule has 0 bridgehead atoms.